The van der Waals surface area contributed by atoms with Crippen LogP contribution in [0.2, 0.25) is 0 Å². The van der Waals surface area contributed by atoms with Gasteiger partial charge in [-0.25, -0.2) is 0 Å². The monoisotopic (exact) mass is 210 g/mol. The number of pyridine rings is 1. The maximum Gasteiger partial charge on any atom is 0.158 e. The van der Waals surface area contributed by atoms with Crippen LogP contribution in [0.25, 0.3) is 10.9 Å². The van der Waals surface area contributed by atoms with E-state index in [1.165, 1.54) is 0 Å². The number of hydroxylamine groups is 1. The minimum Gasteiger partial charge on any atom is -0.408 e. The third kappa shape index (κ3) is 1.95. The molecule has 0 spiro atoms. The smallest absolute Gasteiger partial charge is 0.158 e. The molecule has 4 heteroatoms. The van der Waals surface area contributed by atoms with Gasteiger partial charge in [0.1, 0.15) is 0 Å². The van der Waals surface area contributed by atoms with Crippen molar-refractivity contribution >= 4 is 23.3 Å². The van der Waals surface area contributed by atoms with E-state index in [4.69, 9.17) is 4.84 Å². The molecule has 74 valence electrons. The number of fused-ring (bicyclic) bond motifs is 1. The standard InChI is InChI=1S/C10H10N2O.ClH/c1-11-13-10-6-7-12-9-5-3-2-4-8(9)10;/h2-7,11H,1H3;1H. The van der Waals surface area contributed by atoms with Gasteiger partial charge in [-0.3, -0.25) is 4.98 Å². The Morgan fingerprint density at radius 3 is 2.79 bits per heavy atom. The van der Waals surface area contributed by atoms with E-state index in [0.717, 1.165) is 16.7 Å². The normalized spacial score (nSPS) is 9.50. The third-order valence-corrected chi connectivity index (χ3v) is 1.82. The highest BCUT2D eigenvalue weighted by Crippen LogP contribution is 2.22. The first-order valence-corrected chi connectivity index (χ1v) is 4.09. The number of benzene rings is 1. The molecule has 2 rings (SSSR count). The highest BCUT2D eigenvalue weighted by atomic mass is 35.5. The molecule has 0 bridgehead atoms. The number of aromatic nitrogens is 1. The predicted octanol–water partition coefficient (Wildman–Crippen LogP) is 2.17. The van der Waals surface area contributed by atoms with Crippen molar-refractivity contribution in [3.8, 4) is 5.75 Å². The molecule has 0 atom stereocenters. The average molecular weight is 211 g/mol. The molecule has 14 heavy (non-hydrogen) atoms. The number of nitrogens with zero attached hydrogens (tertiary/aromatic N) is 1. The second kappa shape index (κ2) is 4.79. The fourth-order valence-electron chi connectivity index (χ4n) is 1.27. The maximum atomic E-state index is 5.23. The lowest BCUT2D eigenvalue weighted by atomic mass is 10.2. The molecule has 0 unspecified atom stereocenters. The van der Waals surface area contributed by atoms with Gasteiger partial charge < -0.3 is 4.84 Å². The lowest BCUT2D eigenvalue weighted by molar-refractivity contribution is 0.227. The zero-order valence-electron chi connectivity index (χ0n) is 7.73. The summed E-state index contributed by atoms with van der Waals surface area (Å²) >= 11 is 0. The summed E-state index contributed by atoms with van der Waals surface area (Å²) in [5.74, 6) is 0.799. The number of hydrogen-bond donors (Lipinski definition) is 1. The second-order valence-electron chi connectivity index (χ2n) is 2.63. The molecule has 1 N–H and O–H groups in total. The van der Waals surface area contributed by atoms with Crippen LogP contribution in [0.5, 0.6) is 5.75 Å². The first kappa shape index (κ1) is 10.8. The van der Waals surface area contributed by atoms with Crippen LogP contribution in [-0.4, -0.2) is 12.0 Å². The number of para-hydroxylation sites is 1. The van der Waals surface area contributed by atoms with Crippen LogP contribution in [0.15, 0.2) is 36.5 Å². The highest BCUT2D eigenvalue weighted by molar-refractivity contribution is 5.85. The van der Waals surface area contributed by atoms with Crippen molar-refractivity contribution in [2.24, 2.45) is 0 Å². The van der Waals surface area contributed by atoms with Gasteiger partial charge in [0.05, 0.1) is 5.52 Å². The zero-order valence-corrected chi connectivity index (χ0v) is 8.54. The molecular weight excluding hydrogens is 200 g/mol. The molecule has 0 saturated heterocycles. The van der Waals surface area contributed by atoms with Crippen molar-refractivity contribution in [1.82, 2.24) is 10.5 Å². The summed E-state index contributed by atoms with van der Waals surface area (Å²) in [4.78, 5) is 9.45. The number of hydrogen-bond acceptors (Lipinski definition) is 3. The van der Waals surface area contributed by atoms with Crippen molar-refractivity contribution in [2.75, 3.05) is 7.05 Å². The Morgan fingerprint density at radius 2 is 2.00 bits per heavy atom. The van der Waals surface area contributed by atoms with E-state index >= 15 is 0 Å². The molecule has 2 aromatic rings. The van der Waals surface area contributed by atoms with Gasteiger partial charge in [-0.1, -0.05) is 12.1 Å². The maximum absolute atomic E-state index is 5.23. The molecule has 0 aliphatic carbocycles. The van der Waals surface area contributed by atoms with Crippen LogP contribution >= 0.6 is 12.4 Å². The van der Waals surface area contributed by atoms with Gasteiger partial charge in [-0.2, -0.15) is 5.48 Å². The molecule has 1 heterocycles. The van der Waals surface area contributed by atoms with Crippen molar-refractivity contribution in [3.63, 3.8) is 0 Å². The summed E-state index contributed by atoms with van der Waals surface area (Å²) < 4.78 is 0. The molecule has 0 amide bonds. The molecule has 1 aromatic heterocycles. The second-order valence-corrected chi connectivity index (χ2v) is 2.63. The van der Waals surface area contributed by atoms with E-state index in [0.29, 0.717) is 0 Å². The first-order chi connectivity index (χ1) is 6.42. The molecule has 0 radical (unpaired) electrons. The van der Waals surface area contributed by atoms with Crippen LogP contribution in [-0.2, 0) is 0 Å². The van der Waals surface area contributed by atoms with Crippen molar-refractivity contribution in [1.29, 1.82) is 0 Å². The summed E-state index contributed by atoms with van der Waals surface area (Å²) in [7, 11) is 1.73. The van der Waals surface area contributed by atoms with Crippen molar-refractivity contribution < 1.29 is 4.84 Å². The number of halogens is 1. The topological polar surface area (TPSA) is 34.1 Å². The molecule has 0 aliphatic rings. The Bertz CT molecular complexity index is 414. The number of nitrogens with one attached hydrogen (secondary N) is 1. The largest absolute Gasteiger partial charge is 0.408 e. The summed E-state index contributed by atoms with van der Waals surface area (Å²) in [6, 6.07) is 9.69. The van der Waals surface area contributed by atoms with Crippen molar-refractivity contribution in [3.05, 3.63) is 36.5 Å². The molecule has 0 aliphatic heterocycles. The van der Waals surface area contributed by atoms with E-state index < -0.39 is 0 Å². The van der Waals surface area contributed by atoms with Crippen LogP contribution < -0.4 is 10.3 Å². The summed E-state index contributed by atoms with van der Waals surface area (Å²) in [5.41, 5.74) is 3.59. The molecular formula is C10H11ClN2O. The Labute approximate surface area is 88.5 Å². The van der Waals surface area contributed by atoms with E-state index in [9.17, 15) is 0 Å². The summed E-state index contributed by atoms with van der Waals surface area (Å²) in [6.07, 6.45) is 1.73. The van der Waals surface area contributed by atoms with Crippen molar-refractivity contribution in [2.45, 2.75) is 0 Å². The Balaban J connectivity index is 0.000000980. The van der Waals surface area contributed by atoms with Gasteiger partial charge in [0.15, 0.2) is 5.75 Å². The Hall–Kier alpha value is -1.32. The number of rotatable bonds is 2. The minimum absolute atomic E-state index is 0. The van der Waals surface area contributed by atoms with E-state index in [1.807, 2.05) is 30.3 Å². The van der Waals surface area contributed by atoms with Gasteiger partial charge in [0.25, 0.3) is 0 Å². The van der Waals surface area contributed by atoms with Gasteiger partial charge in [0.2, 0.25) is 0 Å². The van der Waals surface area contributed by atoms with E-state index in [1.54, 1.807) is 13.2 Å². The SMILES string of the molecule is CNOc1ccnc2ccccc12.Cl. The summed E-state index contributed by atoms with van der Waals surface area (Å²) in [5, 5.41) is 1.01. The van der Waals surface area contributed by atoms with Gasteiger partial charge in [-0.05, 0) is 12.1 Å². The van der Waals surface area contributed by atoms with Gasteiger partial charge >= 0.3 is 0 Å². The van der Waals surface area contributed by atoms with Crippen LogP contribution in [0.4, 0.5) is 0 Å². The van der Waals surface area contributed by atoms with Crippen LogP contribution in [0.3, 0.4) is 0 Å². The van der Waals surface area contributed by atoms with Gasteiger partial charge in [0, 0.05) is 24.7 Å². The third-order valence-electron chi connectivity index (χ3n) is 1.82. The minimum atomic E-state index is 0. The molecule has 3 nitrogen and oxygen atoms in total. The molecule has 0 fully saturated rings. The molecule has 0 saturated carbocycles. The van der Waals surface area contributed by atoms with Gasteiger partial charge in [-0.15, -0.1) is 12.4 Å². The van der Waals surface area contributed by atoms with E-state index in [-0.39, 0.29) is 12.4 Å². The van der Waals surface area contributed by atoms with E-state index in [2.05, 4.69) is 10.5 Å². The van der Waals surface area contributed by atoms with Crippen LogP contribution in [0.1, 0.15) is 0 Å². The quantitative estimate of drug-likeness (QED) is 0.772. The molecule has 1 aromatic carbocycles. The Morgan fingerprint density at radius 1 is 1.21 bits per heavy atom. The fourth-order valence-corrected chi connectivity index (χ4v) is 1.27. The fraction of sp³-hybridized carbons (Fsp3) is 0.100. The lowest BCUT2D eigenvalue weighted by Gasteiger charge is -2.05. The highest BCUT2D eigenvalue weighted by Gasteiger charge is 2.00. The zero-order chi connectivity index (χ0) is 9.10. The Kier molecular flexibility index (Phi) is 3.68. The lowest BCUT2D eigenvalue weighted by Crippen LogP contribution is -2.11. The first-order valence-electron chi connectivity index (χ1n) is 4.09. The predicted molar refractivity (Wildman–Crippen MR) is 58.7 cm³/mol. The average Bonchev–Trinajstić information content (AvgIpc) is 2.19. The van der Waals surface area contributed by atoms with Crippen LogP contribution in [0, 0.1) is 0 Å². The summed E-state index contributed by atoms with van der Waals surface area (Å²) in [6.45, 7) is 0.